The van der Waals surface area contributed by atoms with Crippen LogP contribution in [-0.4, -0.2) is 40.8 Å². The Morgan fingerprint density at radius 2 is 1.80 bits per heavy atom. The van der Waals surface area contributed by atoms with E-state index in [0.29, 0.717) is 25.9 Å². The summed E-state index contributed by atoms with van der Waals surface area (Å²) in [6, 6.07) is 1.89. The number of likely N-dealkylation sites (tertiary alicyclic amines) is 1. The molecule has 0 aliphatic carbocycles. The molecular weight excluding hydrogens is 337 g/mol. The Labute approximate surface area is 145 Å². The van der Waals surface area contributed by atoms with Crippen LogP contribution in [0, 0.1) is 6.92 Å². The normalized spacial score (nSPS) is 16.7. The van der Waals surface area contributed by atoms with Crippen molar-refractivity contribution >= 4 is 6.09 Å². The summed E-state index contributed by atoms with van der Waals surface area (Å²) in [6.45, 7) is 7.73. The highest BCUT2D eigenvalue weighted by Crippen LogP contribution is 2.32. The second kappa shape index (κ2) is 7.09. The van der Waals surface area contributed by atoms with Crippen molar-refractivity contribution in [1.29, 1.82) is 0 Å². The van der Waals surface area contributed by atoms with Crippen LogP contribution >= 0.6 is 0 Å². The lowest BCUT2D eigenvalue weighted by Crippen LogP contribution is -2.44. The number of amides is 1. The number of aryl methyl sites for hydroxylation is 1. The predicted molar refractivity (Wildman–Crippen MR) is 85.4 cm³/mol. The Hall–Kier alpha value is -1.99. The average molecular weight is 360 g/mol. The van der Waals surface area contributed by atoms with Crippen LogP contribution in [0.4, 0.5) is 18.0 Å². The molecule has 0 atom stereocenters. The Balaban J connectivity index is 1.94. The zero-order valence-corrected chi connectivity index (χ0v) is 14.8. The lowest BCUT2D eigenvalue weighted by molar-refractivity contribution is -0.137. The largest absolute Gasteiger partial charge is 0.474 e. The Bertz CT molecular complexity index is 619. The number of hydrogen-bond donors (Lipinski definition) is 0. The lowest BCUT2D eigenvalue weighted by atomic mass is 10.1. The molecule has 1 amide bonds. The monoisotopic (exact) mass is 360 g/mol. The third-order valence-corrected chi connectivity index (χ3v) is 3.64. The van der Waals surface area contributed by atoms with Gasteiger partial charge in [-0.05, 0) is 33.8 Å². The molecule has 0 spiro atoms. The van der Waals surface area contributed by atoms with Gasteiger partial charge in [0.2, 0.25) is 5.88 Å². The van der Waals surface area contributed by atoms with Crippen molar-refractivity contribution in [2.75, 3.05) is 13.1 Å². The molecule has 8 heteroatoms. The first kappa shape index (κ1) is 19.3. The SMILES string of the molecule is Cc1cc(C(F)(F)F)cc(OC2CCN(C(=O)OC(C)(C)C)CC2)n1. The standard InChI is InChI=1S/C17H23F3N2O3/c1-11-9-12(17(18,19)20)10-14(21-11)24-13-5-7-22(8-6-13)15(23)25-16(2,3)4/h9-10,13H,5-8H2,1-4H3. The topological polar surface area (TPSA) is 51.7 Å². The van der Waals surface area contributed by atoms with Crippen LogP contribution in [0.5, 0.6) is 5.88 Å². The minimum absolute atomic E-state index is 0.0388. The second-order valence-electron chi connectivity index (χ2n) is 7.12. The first-order valence-corrected chi connectivity index (χ1v) is 8.14. The highest BCUT2D eigenvalue weighted by molar-refractivity contribution is 5.68. The van der Waals surface area contributed by atoms with Gasteiger partial charge in [0.1, 0.15) is 11.7 Å². The van der Waals surface area contributed by atoms with E-state index in [2.05, 4.69) is 4.98 Å². The zero-order valence-electron chi connectivity index (χ0n) is 14.8. The number of ether oxygens (including phenoxy) is 2. The maximum absolute atomic E-state index is 12.9. The molecule has 1 aliphatic heterocycles. The van der Waals surface area contributed by atoms with Gasteiger partial charge < -0.3 is 14.4 Å². The van der Waals surface area contributed by atoms with E-state index in [0.717, 1.165) is 12.1 Å². The Kier molecular flexibility index (Phi) is 5.49. The van der Waals surface area contributed by atoms with E-state index in [1.165, 1.54) is 6.92 Å². The second-order valence-corrected chi connectivity index (χ2v) is 7.12. The number of alkyl halides is 3. The molecule has 1 aromatic rings. The van der Waals surface area contributed by atoms with Gasteiger partial charge in [0.15, 0.2) is 0 Å². The summed E-state index contributed by atoms with van der Waals surface area (Å²) in [4.78, 5) is 17.6. The van der Waals surface area contributed by atoms with Crippen molar-refractivity contribution < 1.29 is 27.4 Å². The third kappa shape index (κ3) is 5.79. The Morgan fingerprint density at radius 3 is 2.32 bits per heavy atom. The van der Waals surface area contributed by atoms with Gasteiger partial charge in [0.05, 0.1) is 5.56 Å². The van der Waals surface area contributed by atoms with E-state index < -0.39 is 17.3 Å². The van der Waals surface area contributed by atoms with Crippen LogP contribution in [0.1, 0.15) is 44.9 Å². The van der Waals surface area contributed by atoms with Crippen molar-refractivity contribution in [3.05, 3.63) is 23.4 Å². The van der Waals surface area contributed by atoms with Crippen LogP contribution < -0.4 is 4.74 Å². The predicted octanol–water partition coefficient (Wildman–Crippen LogP) is 4.19. The van der Waals surface area contributed by atoms with E-state index >= 15 is 0 Å². The number of carbonyl (C=O) groups is 1. The van der Waals surface area contributed by atoms with Crippen molar-refractivity contribution in [1.82, 2.24) is 9.88 Å². The molecule has 1 aromatic heterocycles. The molecule has 2 rings (SSSR count). The third-order valence-electron chi connectivity index (χ3n) is 3.64. The van der Waals surface area contributed by atoms with Gasteiger partial charge in [0.25, 0.3) is 0 Å². The number of halogens is 3. The van der Waals surface area contributed by atoms with Crippen LogP contribution in [0.3, 0.4) is 0 Å². The summed E-state index contributed by atoms with van der Waals surface area (Å²) in [5, 5.41) is 0. The summed E-state index contributed by atoms with van der Waals surface area (Å²) in [5.74, 6) is -0.0388. The quantitative estimate of drug-likeness (QED) is 0.794. The van der Waals surface area contributed by atoms with Crippen molar-refractivity contribution in [2.24, 2.45) is 0 Å². The molecule has 5 nitrogen and oxygen atoms in total. The molecule has 1 aliphatic rings. The summed E-state index contributed by atoms with van der Waals surface area (Å²) in [5.41, 5.74) is -1.10. The lowest BCUT2D eigenvalue weighted by Gasteiger charge is -2.33. The highest BCUT2D eigenvalue weighted by Gasteiger charge is 2.32. The van der Waals surface area contributed by atoms with Gasteiger partial charge in [-0.25, -0.2) is 9.78 Å². The summed E-state index contributed by atoms with van der Waals surface area (Å²) >= 11 is 0. The molecule has 0 radical (unpaired) electrons. The maximum atomic E-state index is 12.9. The molecule has 0 N–H and O–H groups in total. The highest BCUT2D eigenvalue weighted by atomic mass is 19.4. The molecule has 0 bridgehead atoms. The minimum atomic E-state index is -4.44. The number of piperidine rings is 1. The first-order valence-electron chi connectivity index (χ1n) is 8.14. The van der Waals surface area contributed by atoms with Gasteiger partial charge in [0, 0.05) is 37.7 Å². The van der Waals surface area contributed by atoms with E-state index in [4.69, 9.17) is 9.47 Å². The number of aromatic nitrogens is 1. The molecule has 140 valence electrons. The molecule has 1 fully saturated rings. The molecule has 1 saturated heterocycles. The molecule has 0 saturated carbocycles. The molecule has 25 heavy (non-hydrogen) atoms. The van der Waals surface area contributed by atoms with Gasteiger partial charge >= 0.3 is 12.3 Å². The fourth-order valence-corrected chi connectivity index (χ4v) is 2.52. The molecular formula is C17H23F3N2O3. The van der Waals surface area contributed by atoms with E-state index in [9.17, 15) is 18.0 Å². The van der Waals surface area contributed by atoms with Crippen LogP contribution in [0.25, 0.3) is 0 Å². The average Bonchev–Trinajstić information content (AvgIpc) is 2.44. The Morgan fingerprint density at radius 1 is 1.20 bits per heavy atom. The van der Waals surface area contributed by atoms with E-state index in [1.807, 2.05) is 0 Å². The van der Waals surface area contributed by atoms with E-state index in [1.54, 1.807) is 25.7 Å². The molecule has 0 aromatic carbocycles. The van der Waals surface area contributed by atoms with Gasteiger partial charge in [-0.1, -0.05) is 0 Å². The number of carbonyl (C=O) groups excluding carboxylic acids is 1. The van der Waals surface area contributed by atoms with Crippen molar-refractivity contribution in [3.63, 3.8) is 0 Å². The van der Waals surface area contributed by atoms with Crippen LogP contribution in [-0.2, 0) is 10.9 Å². The van der Waals surface area contributed by atoms with Crippen LogP contribution in [0.2, 0.25) is 0 Å². The van der Waals surface area contributed by atoms with Gasteiger partial charge in [-0.2, -0.15) is 13.2 Å². The van der Waals surface area contributed by atoms with Gasteiger partial charge in [-0.15, -0.1) is 0 Å². The molecule has 2 heterocycles. The van der Waals surface area contributed by atoms with Crippen molar-refractivity contribution in [2.45, 2.75) is 58.4 Å². The zero-order chi connectivity index (χ0) is 18.8. The van der Waals surface area contributed by atoms with Crippen molar-refractivity contribution in [3.8, 4) is 5.88 Å². The smallest absolute Gasteiger partial charge is 0.416 e. The number of hydrogen-bond acceptors (Lipinski definition) is 4. The first-order chi connectivity index (χ1) is 11.4. The number of nitrogens with zero attached hydrogens (tertiary/aromatic N) is 2. The summed E-state index contributed by atoms with van der Waals surface area (Å²) in [7, 11) is 0. The minimum Gasteiger partial charge on any atom is -0.474 e. The van der Waals surface area contributed by atoms with Crippen LogP contribution in [0.15, 0.2) is 12.1 Å². The van der Waals surface area contributed by atoms with Gasteiger partial charge in [-0.3, -0.25) is 0 Å². The van der Waals surface area contributed by atoms with E-state index in [-0.39, 0.29) is 23.8 Å². The number of pyridine rings is 1. The summed E-state index contributed by atoms with van der Waals surface area (Å²) < 4.78 is 49.5. The fraction of sp³-hybridized carbons (Fsp3) is 0.647. The number of rotatable bonds is 2. The maximum Gasteiger partial charge on any atom is 0.416 e. The fourth-order valence-electron chi connectivity index (χ4n) is 2.52. The summed E-state index contributed by atoms with van der Waals surface area (Å²) in [6.07, 6.45) is -4.09. The molecule has 0 unspecified atom stereocenters.